The summed E-state index contributed by atoms with van der Waals surface area (Å²) in [5.41, 5.74) is -2.69. The lowest BCUT2D eigenvalue weighted by Gasteiger charge is -2.18. The molecule has 0 saturated heterocycles. The predicted molar refractivity (Wildman–Crippen MR) is 121 cm³/mol. The molecule has 2 heterocycles. The van der Waals surface area contributed by atoms with Crippen molar-refractivity contribution < 1.29 is 53.0 Å². The third-order valence-electron chi connectivity index (χ3n) is 5.64. The van der Waals surface area contributed by atoms with E-state index in [0.717, 1.165) is 25.7 Å². The van der Waals surface area contributed by atoms with Crippen molar-refractivity contribution in [3.8, 4) is 0 Å². The number of nitrogens with zero attached hydrogens (tertiary/aromatic N) is 4. The van der Waals surface area contributed by atoms with E-state index in [4.69, 9.17) is 0 Å². The van der Waals surface area contributed by atoms with Crippen molar-refractivity contribution in [3.63, 3.8) is 0 Å². The van der Waals surface area contributed by atoms with E-state index in [1.54, 1.807) is 0 Å². The fourth-order valence-electron chi connectivity index (χ4n) is 3.52. The van der Waals surface area contributed by atoms with E-state index in [0.29, 0.717) is 55.4 Å². The second-order valence-electron chi connectivity index (χ2n) is 8.58. The van der Waals surface area contributed by atoms with Crippen molar-refractivity contribution in [2.75, 3.05) is 0 Å². The number of halogens is 10. The number of hydrogen-bond donors (Lipinski definition) is 0. The van der Waals surface area contributed by atoms with Crippen LogP contribution in [-0.2, 0) is 24.9 Å². The van der Waals surface area contributed by atoms with Crippen LogP contribution in [0.2, 0.25) is 0 Å². The molecule has 0 saturated carbocycles. The Morgan fingerprint density at radius 3 is 1.21 bits per heavy atom. The van der Waals surface area contributed by atoms with Gasteiger partial charge < -0.3 is 0 Å². The topological polar surface area (TPSA) is 32.5 Å². The van der Waals surface area contributed by atoms with Gasteiger partial charge in [0.25, 0.3) is 0 Å². The van der Waals surface area contributed by atoms with Crippen LogP contribution in [0.1, 0.15) is 76.6 Å². The summed E-state index contributed by atoms with van der Waals surface area (Å²) in [4.78, 5) is 0. The number of aromatic nitrogens is 2. The molecule has 0 spiro atoms. The summed E-state index contributed by atoms with van der Waals surface area (Å²) in [5.74, 6) is -10.4. The molecule has 2 aromatic rings. The van der Waals surface area contributed by atoms with Crippen LogP contribution in [0.15, 0.2) is 21.0 Å². The van der Waals surface area contributed by atoms with E-state index in [1.165, 1.54) is 0 Å². The van der Waals surface area contributed by atoms with Crippen molar-refractivity contribution in [2.24, 2.45) is 10.2 Å². The SMILES string of the molecule is CCCCCC[n+]1c(C(F)(F)C(F)(F)F)csc1/N=N/c1scc(C(F)(F)C(F)(F)F)[n+]1CCCCCC. The van der Waals surface area contributed by atoms with Gasteiger partial charge in [-0.1, -0.05) is 39.5 Å². The fourth-order valence-corrected chi connectivity index (χ4v) is 5.32. The molecule has 0 amide bonds. The third kappa shape index (κ3) is 7.42. The van der Waals surface area contributed by atoms with Gasteiger partial charge in [-0.25, -0.2) is 9.13 Å². The van der Waals surface area contributed by atoms with Crippen molar-refractivity contribution in [1.82, 2.24) is 0 Å². The summed E-state index contributed by atoms with van der Waals surface area (Å²) >= 11 is 0.878. The van der Waals surface area contributed by atoms with Crippen molar-refractivity contribution in [3.05, 3.63) is 22.1 Å². The second-order valence-corrected chi connectivity index (χ2v) is 10.2. The maximum Gasteiger partial charge on any atom is 0.462 e. The summed E-state index contributed by atoms with van der Waals surface area (Å²) in [6.07, 6.45) is -7.12. The van der Waals surface area contributed by atoms with E-state index in [-0.39, 0.29) is 36.2 Å². The Balaban J connectivity index is 2.51. The second kappa shape index (κ2) is 13.0. The third-order valence-corrected chi connectivity index (χ3v) is 7.35. The first kappa shape index (κ1) is 32.4. The number of azo groups is 1. The molecule has 0 radical (unpaired) electrons. The lowest BCUT2D eigenvalue weighted by molar-refractivity contribution is -0.701. The molecule has 0 N–H and O–H groups in total. The van der Waals surface area contributed by atoms with Gasteiger partial charge in [-0.15, -0.1) is 0 Å². The predicted octanol–water partition coefficient (Wildman–Crippen LogP) is 9.27. The number of thiazole rings is 2. The highest BCUT2D eigenvalue weighted by Crippen LogP contribution is 2.45. The molecule has 2 rings (SSSR count). The zero-order valence-corrected chi connectivity index (χ0v) is 22.2. The van der Waals surface area contributed by atoms with Crippen molar-refractivity contribution >= 4 is 32.9 Å². The Bertz CT molecular complexity index is 975. The molecule has 216 valence electrons. The summed E-state index contributed by atoms with van der Waals surface area (Å²) < 4.78 is 136. The summed E-state index contributed by atoms with van der Waals surface area (Å²) in [6, 6.07) is 0. The molecular formula is C22H28F10N4S2+2. The van der Waals surface area contributed by atoms with Crippen molar-refractivity contribution in [1.29, 1.82) is 0 Å². The maximum atomic E-state index is 14.2. The highest BCUT2D eigenvalue weighted by molar-refractivity contribution is 7.13. The van der Waals surface area contributed by atoms with Gasteiger partial charge in [0.1, 0.15) is 0 Å². The van der Waals surface area contributed by atoms with Gasteiger partial charge >= 0.3 is 34.5 Å². The number of hydrogen-bond acceptors (Lipinski definition) is 4. The first-order chi connectivity index (χ1) is 17.6. The molecule has 0 atom stereocenters. The van der Waals surface area contributed by atoms with Crippen LogP contribution < -0.4 is 9.13 Å². The Kier molecular flexibility index (Phi) is 11.1. The average Bonchev–Trinajstić information content (AvgIpc) is 3.41. The van der Waals surface area contributed by atoms with Gasteiger partial charge in [-0.05, 0) is 48.4 Å². The highest BCUT2D eigenvalue weighted by atomic mass is 32.1. The lowest BCUT2D eigenvalue weighted by atomic mass is 10.2. The molecule has 4 nitrogen and oxygen atoms in total. The Morgan fingerprint density at radius 1 is 0.579 bits per heavy atom. The summed E-state index contributed by atoms with van der Waals surface area (Å²) in [6.45, 7) is 3.29. The molecular weight excluding hydrogens is 574 g/mol. The first-order valence-electron chi connectivity index (χ1n) is 11.9. The van der Waals surface area contributed by atoms with Crippen molar-refractivity contribution in [2.45, 2.75) is 103 Å². The van der Waals surface area contributed by atoms with E-state index in [1.807, 2.05) is 13.8 Å². The van der Waals surface area contributed by atoms with Crippen LogP contribution in [0.25, 0.3) is 0 Å². The standard InChI is InChI=1S/C22H28F10N4S2/c1-3-5-7-9-11-35-15(19(23,24)21(27,28)29)13-37-17(35)33-34-18-36(12-10-8-6-4-2)16(14-38-18)20(25,26)22(30,31)32/h13-14H,3-12H2,1-2H3/q+2. The molecule has 0 aliphatic heterocycles. The van der Waals surface area contributed by atoms with Crippen LogP contribution in [0.4, 0.5) is 54.2 Å². The number of alkyl halides is 10. The monoisotopic (exact) mass is 602 g/mol. The largest absolute Gasteiger partial charge is 0.462 e. The minimum Gasteiger partial charge on any atom is -0.208 e. The number of rotatable bonds is 14. The Hall–Kier alpha value is -1.84. The maximum absolute atomic E-state index is 14.2. The zero-order chi connectivity index (χ0) is 28.8. The van der Waals surface area contributed by atoms with E-state index >= 15 is 0 Å². The van der Waals surface area contributed by atoms with E-state index < -0.39 is 35.6 Å². The summed E-state index contributed by atoms with van der Waals surface area (Å²) in [5, 5.41) is 7.91. The van der Waals surface area contributed by atoms with Crippen LogP contribution in [0.3, 0.4) is 0 Å². The molecule has 0 aliphatic carbocycles. The van der Waals surface area contributed by atoms with E-state index in [9.17, 15) is 43.9 Å². The van der Waals surface area contributed by atoms with Crippen LogP contribution in [0, 0.1) is 0 Å². The van der Waals surface area contributed by atoms with Gasteiger partial charge in [0.15, 0.2) is 11.4 Å². The summed E-state index contributed by atoms with van der Waals surface area (Å²) in [7, 11) is 0. The van der Waals surface area contributed by atoms with Crippen LogP contribution in [0.5, 0.6) is 0 Å². The van der Waals surface area contributed by atoms with Gasteiger partial charge in [0, 0.05) is 10.8 Å². The fraction of sp³-hybridized carbons (Fsp3) is 0.727. The van der Waals surface area contributed by atoms with Gasteiger partial charge in [0.05, 0.1) is 13.1 Å². The minimum absolute atomic E-state index is 0.238. The highest BCUT2D eigenvalue weighted by Gasteiger charge is 2.64. The normalized spacial score (nSPS) is 13.7. The van der Waals surface area contributed by atoms with Gasteiger partial charge in [-0.2, -0.15) is 43.9 Å². The molecule has 0 aromatic carbocycles. The van der Waals surface area contributed by atoms with Crippen LogP contribution in [-0.4, -0.2) is 12.4 Å². The molecule has 38 heavy (non-hydrogen) atoms. The van der Waals surface area contributed by atoms with E-state index in [2.05, 4.69) is 10.2 Å². The van der Waals surface area contributed by atoms with Gasteiger partial charge in [0.2, 0.25) is 10.2 Å². The quantitative estimate of drug-likeness (QED) is 0.0894. The zero-order valence-electron chi connectivity index (χ0n) is 20.6. The molecule has 0 fully saturated rings. The minimum atomic E-state index is -5.87. The smallest absolute Gasteiger partial charge is 0.208 e. The molecule has 0 bridgehead atoms. The van der Waals surface area contributed by atoms with Crippen LogP contribution >= 0.6 is 22.7 Å². The molecule has 0 aliphatic rings. The molecule has 0 unspecified atom stereocenters. The lowest BCUT2D eigenvalue weighted by Crippen LogP contribution is -2.47. The molecule has 16 heteroatoms. The molecule has 2 aromatic heterocycles. The first-order valence-corrected chi connectivity index (χ1v) is 13.7. The average molecular weight is 603 g/mol. The number of unbranched alkanes of at least 4 members (excludes halogenated alkanes) is 6. The Labute approximate surface area is 221 Å². The van der Waals surface area contributed by atoms with Gasteiger partial charge in [-0.3, -0.25) is 0 Å². The Morgan fingerprint density at radius 2 is 0.921 bits per heavy atom.